The first-order valence-electron chi connectivity index (χ1n) is 6.84. The van der Waals surface area contributed by atoms with Gasteiger partial charge in [-0.2, -0.15) is 0 Å². The molecule has 0 fully saturated rings. The highest BCUT2D eigenvalue weighted by Crippen LogP contribution is 2.27. The van der Waals surface area contributed by atoms with Crippen LogP contribution in [0.2, 0.25) is 0 Å². The van der Waals surface area contributed by atoms with Crippen LogP contribution in [-0.2, 0) is 9.59 Å². The van der Waals surface area contributed by atoms with Crippen LogP contribution in [0.5, 0.6) is 0 Å². The van der Waals surface area contributed by atoms with E-state index >= 15 is 0 Å². The fourth-order valence-corrected chi connectivity index (χ4v) is 2.41. The number of aryl methyl sites for hydroxylation is 1. The summed E-state index contributed by atoms with van der Waals surface area (Å²) < 4.78 is 0. The van der Waals surface area contributed by atoms with Crippen molar-refractivity contribution in [3.63, 3.8) is 0 Å². The molecule has 0 aliphatic carbocycles. The van der Waals surface area contributed by atoms with Crippen LogP contribution < -0.4 is 4.90 Å². The van der Waals surface area contributed by atoms with Crippen molar-refractivity contribution in [3.05, 3.63) is 77.4 Å². The Morgan fingerprint density at radius 1 is 0.909 bits per heavy atom. The third kappa shape index (κ3) is 2.35. The maximum atomic E-state index is 12.7. The summed E-state index contributed by atoms with van der Waals surface area (Å²) in [5.74, 6) is -1.08. The highest BCUT2D eigenvalue weighted by atomic mass is 16.2. The summed E-state index contributed by atoms with van der Waals surface area (Å²) in [5, 5.41) is 0. The van der Waals surface area contributed by atoms with Gasteiger partial charge in [-0.3, -0.25) is 14.4 Å². The molecule has 1 heterocycles. The zero-order chi connectivity index (χ0) is 15.7. The molecule has 2 aromatic carbocycles. The van der Waals surface area contributed by atoms with Crippen LogP contribution in [0.4, 0.5) is 5.69 Å². The molecule has 0 saturated carbocycles. The molecule has 0 bridgehead atoms. The predicted octanol–water partition coefficient (Wildman–Crippen LogP) is 2.66. The molecule has 4 heteroatoms. The molecule has 22 heavy (non-hydrogen) atoms. The molecule has 108 valence electrons. The van der Waals surface area contributed by atoms with Gasteiger partial charge < -0.3 is 0 Å². The van der Waals surface area contributed by atoms with Crippen LogP contribution in [0.1, 0.15) is 21.5 Å². The van der Waals surface area contributed by atoms with Crippen LogP contribution in [-0.4, -0.2) is 17.6 Å². The smallest absolute Gasteiger partial charge is 0.258 e. The Kier molecular flexibility index (Phi) is 3.43. The van der Waals surface area contributed by atoms with Crippen molar-refractivity contribution in [2.24, 2.45) is 0 Å². The average Bonchev–Trinajstić information content (AvgIpc) is 2.86. The quantitative estimate of drug-likeness (QED) is 0.645. The van der Waals surface area contributed by atoms with E-state index in [1.165, 1.54) is 12.2 Å². The van der Waals surface area contributed by atoms with Crippen LogP contribution in [0, 0.1) is 6.92 Å². The zero-order valence-electron chi connectivity index (χ0n) is 11.9. The summed E-state index contributed by atoms with van der Waals surface area (Å²) in [7, 11) is 0. The lowest BCUT2D eigenvalue weighted by molar-refractivity contribution is -0.119. The lowest BCUT2D eigenvalue weighted by atomic mass is 9.99. The number of hydrogen-bond donors (Lipinski definition) is 0. The Morgan fingerprint density at radius 2 is 1.55 bits per heavy atom. The number of carbonyl (C=O) groups excluding carboxylic acids is 3. The molecule has 2 aromatic rings. The second kappa shape index (κ2) is 5.41. The van der Waals surface area contributed by atoms with Crippen molar-refractivity contribution in [3.8, 4) is 0 Å². The highest BCUT2D eigenvalue weighted by Gasteiger charge is 2.29. The predicted molar refractivity (Wildman–Crippen MR) is 82.7 cm³/mol. The number of carbonyl (C=O) groups is 3. The van der Waals surface area contributed by atoms with E-state index in [-0.39, 0.29) is 5.78 Å². The fourth-order valence-electron chi connectivity index (χ4n) is 2.41. The van der Waals surface area contributed by atoms with E-state index in [9.17, 15) is 14.4 Å². The normalized spacial score (nSPS) is 13.8. The highest BCUT2D eigenvalue weighted by molar-refractivity contribution is 6.30. The number of rotatable bonds is 3. The third-order valence-electron chi connectivity index (χ3n) is 3.48. The molecule has 0 radical (unpaired) electrons. The summed E-state index contributed by atoms with van der Waals surface area (Å²) in [6.07, 6.45) is 2.41. The fraction of sp³-hybridized carbons (Fsp3) is 0.0556. The number of anilines is 1. The first kappa shape index (κ1) is 13.9. The largest absolute Gasteiger partial charge is 0.289 e. The van der Waals surface area contributed by atoms with Crippen molar-refractivity contribution in [2.75, 3.05) is 4.90 Å². The van der Waals surface area contributed by atoms with Gasteiger partial charge in [-0.25, -0.2) is 4.90 Å². The van der Waals surface area contributed by atoms with Crippen molar-refractivity contribution in [1.82, 2.24) is 0 Å². The van der Waals surface area contributed by atoms with Crippen LogP contribution >= 0.6 is 0 Å². The average molecular weight is 291 g/mol. The van der Waals surface area contributed by atoms with E-state index in [1.807, 2.05) is 13.0 Å². The Labute approximate surface area is 127 Å². The summed E-state index contributed by atoms with van der Waals surface area (Å²) in [6.45, 7) is 1.86. The second-order valence-corrected chi connectivity index (χ2v) is 5.06. The Bertz CT molecular complexity index is 788. The van der Waals surface area contributed by atoms with Gasteiger partial charge in [-0.1, -0.05) is 42.0 Å². The molecule has 0 unspecified atom stereocenters. The second-order valence-electron chi connectivity index (χ2n) is 5.06. The number of benzene rings is 2. The summed E-state index contributed by atoms with van der Waals surface area (Å²) >= 11 is 0. The molecule has 0 spiro atoms. The topological polar surface area (TPSA) is 54.5 Å². The van der Waals surface area contributed by atoms with Gasteiger partial charge in [0.1, 0.15) is 0 Å². The molecule has 2 amide bonds. The number of ketones is 1. The molecule has 0 N–H and O–H groups in total. The van der Waals surface area contributed by atoms with Crippen molar-refractivity contribution in [2.45, 2.75) is 6.92 Å². The summed E-state index contributed by atoms with van der Waals surface area (Å²) in [5.41, 5.74) is 2.06. The van der Waals surface area contributed by atoms with E-state index in [0.29, 0.717) is 16.8 Å². The molecular formula is C18H13NO3. The first-order valence-corrected chi connectivity index (χ1v) is 6.84. The Balaban J connectivity index is 2.12. The van der Waals surface area contributed by atoms with Gasteiger partial charge in [-0.05, 0) is 19.1 Å². The van der Waals surface area contributed by atoms with E-state index in [0.717, 1.165) is 10.5 Å². The van der Waals surface area contributed by atoms with Crippen LogP contribution in [0.15, 0.2) is 60.7 Å². The van der Waals surface area contributed by atoms with E-state index < -0.39 is 11.8 Å². The number of nitrogens with zero attached hydrogens (tertiary/aromatic N) is 1. The van der Waals surface area contributed by atoms with Gasteiger partial charge in [0.05, 0.1) is 5.69 Å². The van der Waals surface area contributed by atoms with Gasteiger partial charge in [0, 0.05) is 23.3 Å². The summed E-state index contributed by atoms with van der Waals surface area (Å²) in [4.78, 5) is 37.5. The molecule has 1 aliphatic heterocycles. The zero-order valence-corrected chi connectivity index (χ0v) is 11.9. The monoisotopic (exact) mass is 291 g/mol. The minimum absolute atomic E-state index is 0.216. The molecule has 0 saturated heterocycles. The number of hydrogen-bond acceptors (Lipinski definition) is 3. The van der Waals surface area contributed by atoms with Crippen molar-refractivity contribution >= 4 is 23.3 Å². The lowest BCUT2D eigenvalue weighted by Gasteiger charge is -2.18. The van der Waals surface area contributed by atoms with Gasteiger partial charge in [0.25, 0.3) is 11.8 Å². The van der Waals surface area contributed by atoms with Crippen LogP contribution in [0.25, 0.3) is 0 Å². The van der Waals surface area contributed by atoms with Gasteiger partial charge in [0.2, 0.25) is 0 Å². The number of amides is 2. The third-order valence-corrected chi connectivity index (χ3v) is 3.48. The Morgan fingerprint density at radius 3 is 2.18 bits per heavy atom. The van der Waals surface area contributed by atoms with Gasteiger partial charge in [0.15, 0.2) is 5.78 Å². The SMILES string of the molecule is Cc1ccc(N2C(=O)C=CC2=O)c(C(=O)c2ccccc2)c1. The molecule has 4 nitrogen and oxygen atoms in total. The van der Waals surface area contributed by atoms with Crippen LogP contribution in [0.3, 0.4) is 0 Å². The van der Waals surface area contributed by atoms with Gasteiger partial charge >= 0.3 is 0 Å². The minimum atomic E-state index is -0.434. The van der Waals surface area contributed by atoms with E-state index in [4.69, 9.17) is 0 Å². The molecule has 1 aliphatic rings. The van der Waals surface area contributed by atoms with Crippen molar-refractivity contribution < 1.29 is 14.4 Å². The van der Waals surface area contributed by atoms with Gasteiger partial charge in [-0.15, -0.1) is 0 Å². The first-order chi connectivity index (χ1) is 10.6. The Hall–Kier alpha value is -3.01. The standard InChI is InChI=1S/C18H13NO3/c1-12-7-8-15(19-16(20)9-10-17(19)21)14(11-12)18(22)13-5-3-2-4-6-13/h2-11H,1H3. The molecule has 0 aromatic heterocycles. The summed E-state index contributed by atoms with van der Waals surface area (Å²) in [6, 6.07) is 13.9. The lowest BCUT2D eigenvalue weighted by Crippen LogP contribution is -2.31. The molecular weight excluding hydrogens is 278 g/mol. The number of imide groups is 1. The molecule has 0 atom stereocenters. The molecule has 3 rings (SSSR count). The van der Waals surface area contributed by atoms with E-state index in [2.05, 4.69) is 0 Å². The minimum Gasteiger partial charge on any atom is -0.289 e. The maximum absolute atomic E-state index is 12.7. The van der Waals surface area contributed by atoms with Crippen molar-refractivity contribution in [1.29, 1.82) is 0 Å². The van der Waals surface area contributed by atoms with E-state index in [1.54, 1.807) is 42.5 Å². The maximum Gasteiger partial charge on any atom is 0.258 e.